The standard InChI is InChI=1S/C34H33ClN6O4/c35-23-4-6-27-28(15-23)38-29-12-20-9-19(10-22(11-20)33(29)34(27)36)3-1-2-8-41-18-24(39-40-41)17-37-31(43)13-21-14-32(44)45-30-16-25(42)5-7-26(21)30/h4-7,9,14-16,18,20,22H,1-3,8,10-13,17H2,(H4,36,37,38,42,43,44)/p+2. The number of nitrogens with two attached hydrogens (primary N) is 1. The van der Waals surface area contributed by atoms with Gasteiger partial charge in [-0.1, -0.05) is 28.5 Å². The summed E-state index contributed by atoms with van der Waals surface area (Å²) in [4.78, 5) is 28.2. The number of aromatic hydroxyl groups is 1. The Labute approximate surface area is 263 Å². The van der Waals surface area contributed by atoms with Crippen LogP contribution in [0, 0.1) is 5.92 Å². The summed E-state index contributed by atoms with van der Waals surface area (Å²) < 4.78 is 7.09. The van der Waals surface area contributed by atoms with Crippen LogP contribution >= 0.6 is 11.6 Å². The van der Waals surface area contributed by atoms with Crippen LogP contribution in [0.3, 0.4) is 0 Å². The molecule has 5 aromatic rings. The number of nitrogens with zero attached hydrogens (tertiary/aromatic N) is 2. The van der Waals surface area contributed by atoms with Crippen molar-refractivity contribution in [1.29, 1.82) is 0 Å². The Hall–Kier alpha value is -4.70. The first-order valence-electron chi connectivity index (χ1n) is 15.4. The van der Waals surface area contributed by atoms with Crippen LogP contribution in [0.1, 0.15) is 60.5 Å². The molecule has 0 saturated heterocycles. The topological polar surface area (TPSA) is 152 Å². The zero-order chi connectivity index (χ0) is 31.1. The molecule has 3 aromatic heterocycles. The number of anilines is 1. The maximum absolute atomic E-state index is 12.6. The Kier molecular flexibility index (Phi) is 7.75. The summed E-state index contributed by atoms with van der Waals surface area (Å²) in [6.07, 6.45) is 10.7. The molecule has 10 nitrogen and oxygen atoms in total. The molecule has 1 amide bonds. The predicted octanol–water partition coefficient (Wildman–Crippen LogP) is 4.42. The Balaban J connectivity index is 0.896. The monoisotopic (exact) mass is 626 g/mol. The lowest BCUT2D eigenvalue weighted by Crippen LogP contribution is -2.35. The third-order valence-electron chi connectivity index (χ3n) is 9.02. The van der Waals surface area contributed by atoms with Gasteiger partial charge in [-0.3, -0.25) is 4.79 Å². The van der Waals surface area contributed by atoms with Crippen molar-refractivity contribution in [3.63, 3.8) is 0 Å². The Morgan fingerprint density at radius 3 is 2.93 bits per heavy atom. The highest BCUT2D eigenvalue weighted by molar-refractivity contribution is 6.31. The maximum Gasteiger partial charge on any atom is 0.336 e. The molecular weight excluding hydrogens is 592 g/mol. The summed E-state index contributed by atoms with van der Waals surface area (Å²) in [7, 11) is 0. The number of nitrogens with one attached hydrogen (secondary N) is 3. The van der Waals surface area contributed by atoms with Gasteiger partial charge in [-0.15, -0.1) is 0 Å². The van der Waals surface area contributed by atoms with E-state index >= 15 is 0 Å². The van der Waals surface area contributed by atoms with Crippen molar-refractivity contribution in [1.82, 2.24) is 15.6 Å². The normalized spacial score (nSPS) is 17.3. The van der Waals surface area contributed by atoms with Gasteiger partial charge in [-0.2, -0.15) is 4.68 Å². The lowest BCUT2D eigenvalue weighted by Gasteiger charge is -2.34. The summed E-state index contributed by atoms with van der Waals surface area (Å²) in [5, 5.41) is 22.3. The number of phenolic OH excluding ortho intramolecular Hbond substituents is 1. The molecule has 2 aliphatic carbocycles. The predicted molar refractivity (Wildman–Crippen MR) is 170 cm³/mol. The third kappa shape index (κ3) is 6.15. The van der Waals surface area contributed by atoms with E-state index < -0.39 is 5.63 Å². The summed E-state index contributed by atoms with van der Waals surface area (Å²) >= 11 is 6.23. The van der Waals surface area contributed by atoms with Crippen molar-refractivity contribution in [2.75, 3.05) is 5.73 Å². The van der Waals surface area contributed by atoms with E-state index in [0.717, 1.165) is 67.4 Å². The number of hydrogen-bond acceptors (Lipinski definition) is 6. The second kappa shape index (κ2) is 12.0. The molecular formula is C34H35ClN6O4+2. The molecule has 0 fully saturated rings. The molecule has 0 spiro atoms. The first-order chi connectivity index (χ1) is 21.8. The molecule has 7 rings (SSSR count). The summed E-state index contributed by atoms with van der Waals surface area (Å²) in [6, 6.07) is 11.7. The number of unbranched alkanes of at least 4 members (excludes halogenated alkanes) is 1. The largest absolute Gasteiger partial charge is 0.508 e. The molecule has 2 bridgehead atoms. The first kappa shape index (κ1) is 29.0. The summed E-state index contributed by atoms with van der Waals surface area (Å²) in [5.41, 5.74) is 13.6. The van der Waals surface area contributed by atoms with Gasteiger partial charge in [0.05, 0.1) is 24.0 Å². The summed E-state index contributed by atoms with van der Waals surface area (Å²) in [6.45, 7) is 1.07. The number of fused-ring (bicyclic) bond motifs is 6. The number of nitrogen functional groups attached to an aromatic ring is 1. The number of amides is 1. The van der Waals surface area contributed by atoms with Gasteiger partial charge in [0, 0.05) is 45.7 Å². The van der Waals surface area contributed by atoms with Crippen molar-refractivity contribution >= 4 is 45.1 Å². The lowest BCUT2D eigenvalue weighted by molar-refractivity contribution is -0.754. The fraction of sp³-hybridized carbons (Fsp3) is 0.324. The van der Waals surface area contributed by atoms with Gasteiger partial charge in [0.2, 0.25) is 17.1 Å². The van der Waals surface area contributed by atoms with E-state index in [-0.39, 0.29) is 30.2 Å². The number of benzene rings is 2. The number of hydrogen-bond donors (Lipinski definition) is 4. The number of pyridine rings is 1. The number of aromatic nitrogens is 4. The van der Waals surface area contributed by atoms with Crippen LogP contribution in [0.5, 0.6) is 5.75 Å². The molecule has 2 atom stereocenters. The average Bonchev–Trinajstić information content (AvgIpc) is 3.45. The van der Waals surface area contributed by atoms with Crippen molar-refractivity contribution < 1.29 is 24.0 Å². The third-order valence-corrected chi connectivity index (χ3v) is 9.25. The fourth-order valence-corrected chi connectivity index (χ4v) is 7.23. The minimum atomic E-state index is -0.569. The number of carbonyl (C=O) groups is 1. The van der Waals surface area contributed by atoms with Gasteiger partial charge in [-0.25, -0.2) is 9.78 Å². The zero-order valence-electron chi connectivity index (χ0n) is 24.7. The minimum absolute atomic E-state index is 0.0105. The van der Waals surface area contributed by atoms with E-state index in [2.05, 4.69) is 26.7 Å². The highest BCUT2D eigenvalue weighted by atomic mass is 35.5. The molecule has 0 radical (unpaired) electrons. The van der Waals surface area contributed by atoms with Crippen LogP contribution in [0.25, 0.3) is 21.9 Å². The minimum Gasteiger partial charge on any atom is -0.508 e. The first-order valence-corrected chi connectivity index (χ1v) is 15.8. The molecule has 2 aliphatic rings. The molecule has 6 N–H and O–H groups in total. The molecule has 0 aliphatic heterocycles. The molecule has 2 aromatic carbocycles. The van der Waals surface area contributed by atoms with Gasteiger partial charge in [0.25, 0.3) is 0 Å². The number of halogens is 1. The number of carbonyl (C=O) groups excluding carboxylic acids is 1. The molecule has 230 valence electrons. The van der Waals surface area contributed by atoms with Crippen LogP contribution in [0.4, 0.5) is 5.69 Å². The Morgan fingerprint density at radius 1 is 1.18 bits per heavy atom. The maximum atomic E-state index is 12.6. The number of aromatic amines is 2. The van der Waals surface area contributed by atoms with Crippen molar-refractivity contribution in [2.24, 2.45) is 5.92 Å². The molecule has 3 heterocycles. The SMILES string of the molecule is Nc1c2c([nH+]c3cc(Cl)ccc13)CC1C=C(CCCC[n+]3cc(CNC(=O)Cc4cc(=O)oc5cc(O)ccc45)n[nH]3)CC2C1. The number of rotatable bonds is 9. The molecule has 2 unspecified atom stereocenters. The summed E-state index contributed by atoms with van der Waals surface area (Å²) in [5.74, 6) is 0.726. The quantitative estimate of drug-likeness (QED) is 0.0823. The van der Waals surface area contributed by atoms with E-state index in [1.54, 1.807) is 6.07 Å². The lowest BCUT2D eigenvalue weighted by atomic mass is 9.70. The van der Waals surface area contributed by atoms with Crippen LogP contribution in [0.15, 0.2) is 69.5 Å². The van der Waals surface area contributed by atoms with Crippen LogP contribution < -0.4 is 26.3 Å². The van der Waals surface area contributed by atoms with Gasteiger partial charge in [0.1, 0.15) is 17.9 Å². The van der Waals surface area contributed by atoms with Gasteiger partial charge >= 0.3 is 5.63 Å². The number of aryl methyl sites for hydroxylation is 1. The van der Waals surface area contributed by atoms with Crippen LogP contribution in [-0.2, 0) is 30.7 Å². The van der Waals surface area contributed by atoms with E-state index in [1.165, 1.54) is 35.0 Å². The van der Waals surface area contributed by atoms with Crippen molar-refractivity contribution in [3.8, 4) is 5.75 Å². The number of H-pyrrole nitrogens is 2. The van der Waals surface area contributed by atoms with Crippen molar-refractivity contribution in [3.05, 3.63) is 98.3 Å². The smallest absolute Gasteiger partial charge is 0.336 e. The van der Waals surface area contributed by atoms with E-state index in [9.17, 15) is 14.7 Å². The highest BCUT2D eigenvalue weighted by Gasteiger charge is 2.36. The van der Waals surface area contributed by atoms with E-state index in [4.69, 9.17) is 21.8 Å². The fourth-order valence-electron chi connectivity index (χ4n) is 7.05. The van der Waals surface area contributed by atoms with E-state index in [1.807, 2.05) is 29.1 Å². The van der Waals surface area contributed by atoms with Gasteiger partial charge in [0.15, 0.2) is 11.9 Å². The van der Waals surface area contributed by atoms with Crippen LogP contribution in [-0.4, -0.2) is 21.3 Å². The molecule has 45 heavy (non-hydrogen) atoms. The molecule has 0 saturated carbocycles. The zero-order valence-corrected chi connectivity index (χ0v) is 25.5. The number of allylic oxidation sites excluding steroid dienone is 2. The highest BCUT2D eigenvalue weighted by Crippen LogP contribution is 2.46. The van der Waals surface area contributed by atoms with E-state index in [0.29, 0.717) is 27.8 Å². The van der Waals surface area contributed by atoms with Crippen LogP contribution in [0.2, 0.25) is 5.02 Å². The second-order valence-electron chi connectivity index (χ2n) is 12.3. The average molecular weight is 627 g/mol. The number of phenols is 1. The Bertz CT molecular complexity index is 2030. The van der Waals surface area contributed by atoms with Gasteiger partial charge < -0.3 is 20.6 Å². The van der Waals surface area contributed by atoms with Crippen molar-refractivity contribution in [2.45, 2.75) is 64.0 Å². The van der Waals surface area contributed by atoms with Gasteiger partial charge in [-0.05, 0) is 73.8 Å². The molecule has 11 heteroatoms. The Morgan fingerprint density at radius 2 is 2.04 bits per heavy atom. The second-order valence-corrected chi connectivity index (χ2v) is 12.7.